The van der Waals surface area contributed by atoms with E-state index in [-0.39, 0.29) is 5.78 Å². The molecule has 0 aliphatic rings. The molecule has 2 aromatic carbocycles. The van der Waals surface area contributed by atoms with E-state index < -0.39 is 0 Å². The highest BCUT2D eigenvalue weighted by molar-refractivity contribution is 9.11. The summed E-state index contributed by atoms with van der Waals surface area (Å²) < 4.78 is 10.4. The minimum absolute atomic E-state index is 0.229. The van der Waals surface area contributed by atoms with Crippen molar-refractivity contribution in [1.82, 2.24) is 4.57 Å². The molecule has 0 N–H and O–H groups in total. The van der Waals surface area contributed by atoms with Crippen LogP contribution in [0.1, 0.15) is 62.2 Å². The van der Waals surface area contributed by atoms with E-state index in [0.29, 0.717) is 6.42 Å². The third-order valence-electron chi connectivity index (χ3n) is 5.57. The maximum Gasteiger partial charge on any atom is 0.162 e. The number of halogens is 2. The van der Waals surface area contributed by atoms with Crippen LogP contribution in [0.5, 0.6) is 5.75 Å². The van der Waals surface area contributed by atoms with Crippen molar-refractivity contribution in [3.63, 3.8) is 0 Å². The molecule has 3 nitrogen and oxygen atoms in total. The summed E-state index contributed by atoms with van der Waals surface area (Å²) in [5.41, 5.74) is 3.05. The highest BCUT2D eigenvalue weighted by Gasteiger charge is 2.06. The first kappa shape index (κ1) is 24.8. The molecule has 3 rings (SSSR count). The molecule has 0 unspecified atom stereocenters. The minimum atomic E-state index is 0.229. The van der Waals surface area contributed by atoms with E-state index in [1.54, 1.807) is 0 Å². The second-order valence-corrected chi connectivity index (χ2v) is 9.65. The van der Waals surface area contributed by atoms with Crippen molar-refractivity contribution in [1.29, 1.82) is 0 Å². The van der Waals surface area contributed by atoms with Gasteiger partial charge in [0.05, 0.1) is 15.8 Å². The number of unbranched alkanes of at least 4 members (excludes halogenated alkanes) is 4. The Morgan fingerprint density at radius 1 is 0.781 bits per heavy atom. The van der Waals surface area contributed by atoms with Gasteiger partial charge in [0.25, 0.3) is 0 Å². The molecular formula is C27H31Br2NO2. The van der Waals surface area contributed by atoms with E-state index in [0.717, 1.165) is 76.9 Å². The zero-order valence-electron chi connectivity index (χ0n) is 18.7. The average Bonchev–Trinajstić information content (AvgIpc) is 3.14. The number of carbonyl (C=O) groups is 1. The molecule has 0 radical (unpaired) electrons. The van der Waals surface area contributed by atoms with Crippen LogP contribution in [0.2, 0.25) is 0 Å². The van der Waals surface area contributed by atoms with Gasteiger partial charge in [-0.3, -0.25) is 4.79 Å². The lowest BCUT2D eigenvalue weighted by Gasteiger charge is -2.09. The summed E-state index contributed by atoms with van der Waals surface area (Å²) in [6.45, 7) is 3.87. The maximum atomic E-state index is 12.1. The lowest BCUT2D eigenvalue weighted by Crippen LogP contribution is -2.00. The molecule has 0 amide bonds. The standard InChI is InChI=1S/C27H31Br2NO2/c1-2-3-8-25(31)23-11-9-21(10-12-23)22-13-15-24(16-14-22)32-20-7-5-4-6-19-30-26(28)17-18-27(30)29/h9-18H,2-8,19-20H2,1H3. The number of benzene rings is 2. The molecule has 1 heterocycles. The van der Waals surface area contributed by atoms with Gasteiger partial charge in [0.1, 0.15) is 5.75 Å². The van der Waals surface area contributed by atoms with Crippen LogP contribution in [0.3, 0.4) is 0 Å². The second kappa shape index (κ2) is 13.0. The van der Waals surface area contributed by atoms with Gasteiger partial charge >= 0.3 is 0 Å². The molecular weight excluding hydrogens is 530 g/mol. The Balaban J connectivity index is 1.37. The lowest BCUT2D eigenvalue weighted by molar-refractivity contribution is 0.0980. The lowest BCUT2D eigenvalue weighted by atomic mass is 10.0. The Labute approximate surface area is 208 Å². The summed E-state index contributed by atoms with van der Waals surface area (Å²) >= 11 is 7.15. The van der Waals surface area contributed by atoms with Crippen LogP contribution in [0.15, 0.2) is 69.9 Å². The Kier molecular flexibility index (Phi) is 10.1. The number of hydrogen-bond acceptors (Lipinski definition) is 2. The highest BCUT2D eigenvalue weighted by atomic mass is 79.9. The Morgan fingerprint density at radius 3 is 2.00 bits per heavy atom. The van der Waals surface area contributed by atoms with E-state index in [9.17, 15) is 4.79 Å². The molecule has 0 atom stereocenters. The van der Waals surface area contributed by atoms with E-state index in [1.807, 2.05) is 36.4 Å². The van der Waals surface area contributed by atoms with Crippen molar-refractivity contribution < 1.29 is 9.53 Å². The van der Waals surface area contributed by atoms with Gasteiger partial charge in [-0.25, -0.2) is 0 Å². The number of nitrogens with zero attached hydrogens (tertiary/aromatic N) is 1. The van der Waals surface area contributed by atoms with Gasteiger partial charge in [-0.05, 0) is 86.5 Å². The zero-order chi connectivity index (χ0) is 22.8. The van der Waals surface area contributed by atoms with Crippen LogP contribution in [0.25, 0.3) is 11.1 Å². The Hall–Kier alpha value is -1.85. The topological polar surface area (TPSA) is 31.2 Å². The monoisotopic (exact) mass is 559 g/mol. The summed E-state index contributed by atoms with van der Waals surface area (Å²) in [6, 6.07) is 20.3. The predicted molar refractivity (Wildman–Crippen MR) is 140 cm³/mol. The van der Waals surface area contributed by atoms with Gasteiger partial charge < -0.3 is 9.30 Å². The van der Waals surface area contributed by atoms with E-state index in [4.69, 9.17) is 4.74 Å². The zero-order valence-corrected chi connectivity index (χ0v) is 21.8. The number of Topliss-reactive ketones (excluding diaryl/α,β-unsaturated/α-hetero) is 1. The molecule has 0 aliphatic carbocycles. The van der Waals surface area contributed by atoms with Crippen molar-refractivity contribution in [3.8, 4) is 16.9 Å². The molecule has 0 saturated carbocycles. The van der Waals surface area contributed by atoms with Crippen molar-refractivity contribution in [2.24, 2.45) is 0 Å². The molecule has 3 aromatic rings. The largest absolute Gasteiger partial charge is 0.494 e. The summed E-state index contributed by atoms with van der Waals surface area (Å²) in [5.74, 6) is 1.13. The number of hydrogen-bond donors (Lipinski definition) is 0. The molecule has 32 heavy (non-hydrogen) atoms. The fourth-order valence-electron chi connectivity index (χ4n) is 3.62. The Morgan fingerprint density at radius 2 is 1.38 bits per heavy atom. The SMILES string of the molecule is CCCCC(=O)c1ccc(-c2ccc(OCCCCCCn3c(Br)ccc3Br)cc2)cc1. The summed E-state index contributed by atoms with van der Waals surface area (Å²) in [5, 5.41) is 0. The summed E-state index contributed by atoms with van der Waals surface area (Å²) in [4.78, 5) is 12.1. The van der Waals surface area contributed by atoms with Crippen molar-refractivity contribution in [2.45, 2.75) is 58.4 Å². The molecule has 0 saturated heterocycles. The van der Waals surface area contributed by atoms with Crippen LogP contribution < -0.4 is 4.74 Å². The third kappa shape index (κ3) is 7.35. The summed E-state index contributed by atoms with van der Waals surface area (Å²) in [6.07, 6.45) is 7.19. The first-order chi connectivity index (χ1) is 15.6. The van der Waals surface area contributed by atoms with Gasteiger partial charge in [0, 0.05) is 18.5 Å². The van der Waals surface area contributed by atoms with E-state index in [1.165, 1.54) is 6.42 Å². The van der Waals surface area contributed by atoms with Gasteiger partial charge in [-0.2, -0.15) is 0 Å². The minimum Gasteiger partial charge on any atom is -0.494 e. The van der Waals surface area contributed by atoms with Crippen LogP contribution >= 0.6 is 31.9 Å². The molecule has 5 heteroatoms. The van der Waals surface area contributed by atoms with Crippen LogP contribution in [-0.4, -0.2) is 17.0 Å². The number of carbonyl (C=O) groups excluding carboxylic acids is 1. The molecule has 0 bridgehead atoms. The Bertz CT molecular complexity index is 958. The first-order valence-corrected chi connectivity index (χ1v) is 13.0. The maximum absolute atomic E-state index is 12.1. The van der Waals surface area contributed by atoms with Crippen molar-refractivity contribution in [2.75, 3.05) is 6.61 Å². The second-order valence-electron chi connectivity index (χ2n) is 8.02. The summed E-state index contributed by atoms with van der Waals surface area (Å²) in [7, 11) is 0. The van der Waals surface area contributed by atoms with Crippen LogP contribution in [0.4, 0.5) is 0 Å². The number of ketones is 1. The molecule has 0 aliphatic heterocycles. The number of ether oxygens (including phenoxy) is 1. The smallest absolute Gasteiger partial charge is 0.162 e. The fourth-order valence-corrected chi connectivity index (χ4v) is 4.86. The van der Waals surface area contributed by atoms with E-state index in [2.05, 4.69) is 67.6 Å². The van der Waals surface area contributed by atoms with Gasteiger partial charge in [0.15, 0.2) is 5.78 Å². The van der Waals surface area contributed by atoms with E-state index >= 15 is 0 Å². The molecule has 1 aromatic heterocycles. The highest BCUT2D eigenvalue weighted by Crippen LogP contribution is 2.24. The first-order valence-electron chi connectivity index (χ1n) is 11.5. The predicted octanol–water partition coefficient (Wildman–Crippen LogP) is 8.69. The third-order valence-corrected chi connectivity index (χ3v) is 6.96. The number of rotatable bonds is 13. The molecule has 0 fully saturated rings. The number of aromatic nitrogens is 1. The van der Waals surface area contributed by atoms with Gasteiger partial charge in [0.2, 0.25) is 0 Å². The van der Waals surface area contributed by atoms with Crippen LogP contribution in [0, 0.1) is 0 Å². The molecule has 170 valence electrons. The quantitative estimate of drug-likeness (QED) is 0.155. The molecule has 0 spiro atoms. The fraction of sp³-hybridized carbons (Fsp3) is 0.370. The van der Waals surface area contributed by atoms with Crippen molar-refractivity contribution in [3.05, 3.63) is 75.4 Å². The van der Waals surface area contributed by atoms with Crippen molar-refractivity contribution >= 4 is 37.6 Å². The van der Waals surface area contributed by atoms with Gasteiger partial charge in [-0.1, -0.05) is 62.6 Å². The average molecular weight is 561 g/mol. The van der Waals surface area contributed by atoms with Gasteiger partial charge in [-0.15, -0.1) is 0 Å². The van der Waals surface area contributed by atoms with Crippen LogP contribution in [-0.2, 0) is 6.54 Å². The normalized spacial score (nSPS) is 11.0.